The summed E-state index contributed by atoms with van der Waals surface area (Å²) in [6.45, 7) is 3.19. The summed E-state index contributed by atoms with van der Waals surface area (Å²) in [6.07, 6.45) is 0.581. The van der Waals surface area contributed by atoms with Crippen LogP contribution in [-0.2, 0) is 30.7 Å². The highest BCUT2D eigenvalue weighted by Crippen LogP contribution is 2.34. The number of carbonyl (C=O) groups excluding carboxylic acids is 3. The Morgan fingerprint density at radius 1 is 1.11 bits per heavy atom. The third-order valence-corrected chi connectivity index (χ3v) is 7.85. The summed E-state index contributed by atoms with van der Waals surface area (Å²) in [7, 11) is -2.63. The first-order chi connectivity index (χ1) is 17.7. The summed E-state index contributed by atoms with van der Waals surface area (Å²) in [4.78, 5) is 37.3. The molecule has 0 radical (unpaired) electrons. The highest BCUT2D eigenvalue weighted by atomic mass is 32.2. The third-order valence-electron chi connectivity index (χ3n) is 6.04. The maximum atomic E-state index is 13.4. The first kappa shape index (κ1) is 26.0. The molecule has 0 spiro atoms. The van der Waals surface area contributed by atoms with Crippen molar-refractivity contribution in [2.45, 2.75) is 31.2 Å². The molecule has 37 heavy (non-hydrogen) atoms. The van der Waals surface area contributed by atoms with Gasteiger partial charge in [0.1, 0.15) is 17.9 Å². The lowest BCUT2D eigenvalue weighted by Gasteiger charge is -2.26. The number of nitrogens with zero attached hydrogens (tertiary/aromatic N) is 1. The maximum absolute atomic E-state index is 13.4. The molecular weight excluding hydrogens is 502 g/mol. The van der Waals surface area contributed by atoms with Gasteiger partial charge in [0.25, 0.3) is 10.0 Å². The molecule has 11 nitrogen and oxygen atoms in total. The molecule has 0 bridgehead atoms. The maximum Gasteiger partial charge on any atom is 0.342 e. The second kappa shape index (κ2) is 10.5. The van der Waals surface area contributed by atoms with E-state index in [1.807, 2.05) is 12.1 Å². The Morgan fingerprint density at radius 2 is 1.86 bits per heavy atom. The quantitative estimate of drug-likeness (QED) is 0.496. The molecule has 12 heteroatoms. The molecule has 2 aliphatic rings. The summed E-state index contributed by atoms with van der Waals surface area (Å²) < 4.78 is 43.9. The third kappa shape index (κ3) is 5.10. The molecular formula is C25H27N3O8S. The predicted octanol–water partition coefficient (Wildman–Crippen LogP) is 2.12. The van der Waals surface area contributed by atoms with E-state index in [4.69, 9.17) is 14.2 Å². The topological polar surface area (TPSA) is 140 Å². The normalized spacial score (nSPS) is 17.0. The van der Waals surface area contributed by atoms with Crippen LogP contribution in [0.15, 0.2) is 58.6 Å². The molecule has 1 atom stereocenters. The predicted molar refractivity (Wildman–Crippen MR) is 133 cm³/mol. The molecule has 2 aromatic rings. The molecule has 2 aliphatic heterocycles. The number of amides is 2. The first-order valence-corrected chi connectivity index (χ1v) is 13.0. The zero-order valence-electron chi connectivity index (χ0n) is 20.6. The van der Waals surface area contributed by atoms with Crippen molar-refractivity contribution in [3.8, 4) is 5.75 Å². The van der Waals surface area contributed by atoms with E-state index in [1.165, 1.54) is 29.6 Å². The number of rotatable bonds is 8. The lowest BCUT2D eigenvalue weighted by Crippen LogP contribution is -2.50. The highest BCUT2D eigenvalue weighted by Gasteiger charge is 2.33. The average molecular weight is 530 g/mol. The van der Waals surface area contributed by atoms with E-state index in [9.17, 15) is 22.8 Å². The standard InChI is InChI=1S/C25H27N3O8S/c1-4-35-24(30)22-15(2)26-25(31)27-19(22)14-36-23(29)18-13-17(9-10-21(18)34-3)37(32,33)28-12-11-16-7-5-6-8-20(16)28/h5-10,13,15H,4,11-12,14H2,1-3H3,(H2,26,27,31). The van der Waals surface area contributed by atoms with Crippen molar-refractivity contribution in [3.05, 3.63) is 64.9 Å². The first-order valence-electron chi connectivity index (χ1n) is 11.6. The largest absolute Gasteiger partial charge is 0.496 e. The van der Waals surface area contributed by atoms with Crippen molar-refractivity contribution < 1.29 is 37.0 Å². The smallest absolute Gasteiger partial charge is 0.342 e. The fourth-order valence-electron chi connectivity index (χ4n) is 4.30. The van der Waals surface area contributed by atoms with Gasteiger partial charge in [-0.3, -0.25) is 4.31 Å². The molecule has 4 rings (SSSR count). The van der Waals surface area contributed by atoms with E-state index < -0.39 is 40.6 Å². The van der Waals surface area contributed by atoms with Crippen LogP contribution in [0.2, 0.25) is 0 Å². The van der Waals surface area contributed by atoms with Gasteiger partial charge in [0.2, 0.25) is 0 Å². The van der Waals surface area contributed by atoms with E-state index in [2.05, 4.69) is 10.6 Å². The Balaban J connectivity index is 1.61. The molecule has 2 amide bonds. The van der Waals surface area contributed by atoms with Crippen LogP contribution in [0.4, 0.5) is 10.5 Å². The fraction of sp³-hybridized carbons (Fsp3) is 0.320. The van der Waals surface area contributed by atoms with Crippen molar-refractivity contribution in [3.63, 3.8) is 0 Å². The Bertz CT molecular complexity index is 1390. The summed E-state index contributed by atoms with van der Waals surface area (Å²) in [5.74, 6) is -1.45. The van der Waals surface area contributed by atoms with Crippen LogP contribution in [0.25, 0.3) is 0 Å². The Kier molecular flexibility index (Phi) is 7.39. The number of sulfonamides is 1. The van der Waals surface area contributed by atoms with Gasteiger partial charge in [0.15, 0.2) is 0 Å². The number of para-hydroxylation sites is 1. The van der Waals surface area contributed by atoms with Gasteiger partial charge < -0.3 is 24.8 Å². The zero-order chi connectivity index (χ0) is 26.7. The van der Waals surface area contributed by atoms with Crippen molar-refractivity contribution >= 4 is 33.7 Å². The highest BCUT2D eigenvalue weighted by molar-refractivity contribution is 7.92. The number of urea groups is 1. The number of carbonyl (C=O) groups is 3. The van der Waals surface area contributed by atoms with Gasteiger partial charge in [-0.15, -0.1) is 0 Å². The molecule has 2 N–H and O–H groups in total. The van der Waals surface area contributed by atoms with Gasteiger partial charge in [-0.25, -0.2) is 22.8 Å². The zero-order valence-corrected chi connectivity index (χ0v) is 21.4. The average Bonchev–Trinajstić information content (AvgIpc) is 3.31. The number of ether oxygens (including phenoxy) is 3. The summed E-state index contributed by atoms with van der Waals surface area (Å²) in [5.41, 5.74) is 1.58. The fourth-order valence-corrected chi connectivity index (χ4v) is 5.83. The number of fused-ring (bicyclic) bond motifs is 1. The van der Waals surface area contributed by atoms with E-state index in [0.29, 0.717) is 12.1 Å². The Morgan fingerprint density at radius 3 is 2.59 bits per heavy atom. The molecule has 0 fully saturated rings. The van der Waals surface area contributed by atoms with E-state index in [1.54, 1.807) is 26.0 Å². The minimum atomic E-state index is -3.98. The summed E-state index contributed by atoms with van der Waals surface area (Å²) in [6, 6.07) is 9.93. The van der Waals surface area contributed by atoms with E-state index in [0.717, 1.165) is 5.56 Å². The van der Waals surface area contributed by atoms with Crippen LogP contribution in [0, 0.1) is 0 Å². The number of benzene rings is 2. The molecule has 2 heterocycles. The van der Waals surface area contributed by atoms with Crippen LogP contribution in [0.5, 0.6) is 5.75 Å². The molecule has 0 saturated carbocycles. The van der Waals surface area contributed by atoms with Crippen molar-refractivity contribution in [2.75, 3.05) is 31.2 Å². The van der Waals surface area contributed by atoms with Crippen LogP contribution in [-0.4, -0.2) is 59.3 Å². The van der Waals surface area contributed by atoms with Crippen molar-refractivity contribution in [2.24, 2.45) is 0 Å². The van der Waals surface area contributed by atoms with Crippen LogP contribution >= 0.6 is 0 Å². The number of hydrogen-bond acceptors (Lipinski definition) is 8. The van der Waals surface area contributed by atoms with Gasteiger partial charge in [-0.1, -0.05) is 18.2 Å². The van der Waals surface area contributed by atoms with E-state index in [-0.39, 0.29) is 40.6 Å². The van der Waals surface area contributed by atoms with Crippen molar-refractivity contribution in [1.82, 2.24) is 10.6 Å². The number of methoxy groups -OCH3 is 1. The van der Waals surface area contributed by atoms with Crippen molar-refractivity contribution in [1.29, 1.82) is 0 Å². The minimum Gasteiger partial charge on any atom is -0.496 e. The molecule has 0 aliphatic carbocycles. The number of hydrogen-bond donors (Lipinski definition) is 2. The van der Waals surface area contributed by atoms with Crippen LogP contribution in [0.3, 0.4) is 0 Å². The molecule has 0 aromatic heterocycles. The van der Waals surface area contributed by atoms with Gasteiger partial charge in [-0.2, -0.15) is 0 Å². The number of nitrogens with one attached hydrogen (secondary N) is 2. The van der Waals surface area contributed by atoms with Gasteiger partial charge in [0.05, 0.1) is 41.6 Å². The van der Waals surface area contributed by atoms with Gasteiger partial charge >= 0.3 is 18.0 Å². The Labute approximate surface area is 214 Å². The number of anilines is 1. The molecule has 2 aromatic carbocycles. The molecule has 1 unspecified atom stereocenters. The number of esters is 2. The van der Waals surface area contributed by atoms with Gasteiger partial charge in [-0.05, 0) is 50.1 Å². The summed E-state index contributed by atoms with van der Waals surface area (Å²) in [5, 5.41) is 5.02. The monoisotopic (exact) mass is 529 g/mol. The SMILES string of the molecule is CCOC(=O)C1=C(COC(=O)c2cc(S(=O)(=O)N3CCc4ccccc43)ccc2OC)NC(=O)NC1C. The van der Waals surface area contributed by atoms with Crippen LogP contribution in [0.1, 0.15) is 29.8 Å². The molecule has 0 saturated heterocycles. The minimum absolute atomic E-state index is 0.0690. The second-order valence-electron chi connectivity index (χ2n) is 8.33. The lowest BCUT2D eigenvalue weighted by atomic mass is 10.0. The molecule has 196 valence electrons. The second-order valence-corrected chi connectivity index (χ2v) is 10.2. The van der Waals surface area contributed by atoms with Crippen LogP contribution < -0.4 is 19.7 Å². The lowest BCUT2D eigenvalue weighted by molar-refractivity contribution is -0.139. The summed E-state index contributed by atoms with van der Waals surface area (Å²) >= 11 is 0. The van der Waals surface area contributed by atoms with E-state index >= 15 is 0 Å². The van der Waals surface area contributed by atoms with Gasteiger partial charge in [0, 0.05) is 6.54 Å². The Hall–Kier alpha value is -4.06.